The number of fused-ring (bicyclic) bond motifs is 6. The van der Waals surface area contributed by atoms with Gasteiger partial charge in [-0.05, 0) is 18.2 Å². The number of rotatable bonds is 5. The second-order valence-electron chi connectivity index (χ2n) is 12.1. The molecule has 0 radical (unpaired) electrons. The van der Waals surface area contributed by atoms with Crippen LogP contribution in [0.5, 0.6) is 0 Å². The Labute approximate surface area is 295 Å². The second kappa shape index (κ2) is 11.8. The highest BCUT2D eigenvalue weighted by Crippen LogP contribution is 2.44. The molecule has 50 heavy (non-hydrogen) atoms. The van der Waals surface area contributed by atoms with Crippen molar-refractivity contribution in [2.45, 2.75) is 0 Å². The number of hydrogen-bond donors (Lipinski definition) is 0. The Morgan fingerprint density at radius 2 is 0.940 bits per heavy atom. The minimum atomic E-state index is 0.651. The molecule has 0 amide bonds. The Hall–Kier alpha value is -6.15. The van der Waals surface area contributed by atoms with Crippen LogP contribution >= 0.6 is 22.7 Å². The van der Waals surface area contributed by atoms with Crippen LogP contribution in [-0.2, 0) is 0 Å². The maximum Gasteiger partial charge on any atom is 0.164 e. The number of thiophene rings is 2. The van der Waals surface area contributed by atoms with Gasteiger partial charge in [0.25, 0.3) is 0 Å². The largest absolute Gasteiger partial charge is 0.226 e. The summed E-state index contributed by atoms with van der Waals surface area (Å²) >= 11 is 3.53. The molecule has 0 spiro atoms. The molecule has 0 unspecified atom stereocenters. The summed E-state index contributed by atoms with van der Waals surface area (Å²) < 4.78 is 4.66. The number of aromatic nitrogens is 5. The fourth-order valence-electron chi connectivity index (χ4n) is 6.59. The minimum absolute atomic E-state index is 0.651. The maximum atomic E-state index is 5.22. The van der Waals surface area contributed by atoms with Crippen molar-refractivity contribution in [3.63, 3.8) is 0 Å². The summed E-state index contributed by atoms with van der Waals surface area (Å²) in [7, 11) is 0. The van der Waals surface area contributed by atoms with Gasteiger partial charge < -0.3 is 0 Å². The molecule has 0 fully saturated rings. The second-order valence-corrected chi connectivity index (χ2v) is 14.2. The van der Waals surface area contributed by atoms with Crippen molar-refractivity contribution in [1.29, 1.82) is 0 Å². The van der Waals surface area contributed by atoms with E-state index in [1.54, 1.807) is 22.7 Å². The third-order valence-electron chi connectivity index (χ3n) is 8.96. The van der Waals surface area contributed by atoms with Gasteiger partial charge in [-0.15, -0.1) is 22.7 Å². The quantitative estimate of drug-likeness (QED) is 0.182. The SMILES string of the molecule is c1ccc(-c2nc(-c3ccccc3)nc(-c3cccc4sc5cc(-c6nc(-c7ccccc7)nc7c6sc6ccccc67)ccc5c34)n2)cc1. The molecule has 6 aromatic carbocycles. The lowest BCUT2D eigenvalue weighted by molar-refractivity contribution is 1.08. The first-order chi connectivity index (χ1) is 24.8. The average molecular weight is 676 g/mol. The Bertz CT molecular complexity index is 2810. The molecule has 0 atom stereocenters. The van der Waals surface area contributed by atoms with E-state index in [2.05, 4.69) is 72.8 Å². The molecular weight excluding hydrogens is 651 g/mol. The Morgan fingerprint density at radius 1 is 0.360 bits per heavy atom. The molecule has 4 aromatic heterocycles. The molecule has 4 heterocycles. The van der Waals surface area contributed by atoms with E-state index in [-0.39, 0.29) is 0 Å². The van der Waals surface area contributed by atoms with Gasteiger partial charge in [0.05, 0.1) is 15.9 Å². The van der Waals surface area contributed by atoms with E-state index in [1.165, 1.54) is 14.1 Å². The van der Waals surface area contributed by atoms with Crippen LogP contribution in [0.4, 0.5) is 0 Å². The first-order valence-electron chi connectivity index (χ1n) is 16.3. The smallest absolute Gasteiger partial charge is 0.164 e. The zero-order valence-corrected chi connectivity index (χ0v) is 28.1. The standard InChI is InChI=1S/C43H25N5S2/c1-4-13-26(14-5-1)40-44-37(39-38(45-40)31-19-10-11-21-33(31)50-39)29-23-24-30-35(25-29)49-34-22-12-20-32(36(30)34)43-47-41(27-15-6-2-7-16-27)46-42(48-43)28-17-8-3-9-18-28/h1-25H. The van der Waals surface area contributed by atoms with Crippen LogP contribution in [-0.4, -0.2) is 24.9 Å². The van der Waals surface area contributed by atoms with E-state index in [4.69, 9.17) is 24.9 Å². The molecule has 5 nitrogen and oxygen atoms in total. The van der Waals surface area contributed by atoms with Crippen molar-refractivity contribution in [2.75, 3.05) is 0 Å². The van der Waals surface area contributed by atoms with Gasteiger partial charge in [-0.3, -0.25) is 0 Å². The van der Waals surface area contributed by atoms with Crippen LogP contribution in [0.1, 0.15) is 0 Å². The number of hydrogen-bond acceptors (Lipinski definition) is 7. The van der Waals surface area contributed by atoms with Crippen molar-refractivity contribution >= 4 is 63.1 Å². The third kappa shape index (κ3) is 4.86. The van der Waals surface area contributed by atoms with E-state index in [0.717, 1.165) is 65.7 Å². The summed E-state index contributed by atoms with van der Waals surface area (Å²) in [4.78, 5) is 25.4. The van der Waals surface area contributed by atoms with E-state index in [9.17, 15) is 0 Å². The molecule has 0 aliphatic heterocycles. The van der Waals surface area contributed by atoms with Gasteiger partial charge in [-0.2, -0.15) is 0 Å². The summed E-state index contributed by atoms with van der Waals surface area (Å²) in [6.07, 6.45) is 0. The van der Waals surface area contributed by atoms with Crippen LogP contribution in [0.15, 0.2) is 152 Å². The van der Waals surface area contributed by atoms with Crippen molar-refractivity contribution in [2.24, 2.45) is 0 Å². The predicted octanol–water partition coefficient (Wildman–Crippen LogP) is 11.7. The Morgan fingerprint density at radius 3 is 1.62 bits per heavy atom. The maximum absolute atomic E-state index is 5.22. The van der Waals surface area contributed by atoms with Gasteiger partial charge in [0.2, 0.25) is 0 Å². The zero-order chi connectivity index (χ0) is 33.0. The molecule has 234 valence electrons. The number of nitrogens with zero attached hydrogens (tertiary/aromatic N) is 5. The molecular formula is C43H25N5S2. The summed E-state index contributed by atoms with van der Waals surface area (Å²) in [5.74, 6) is 2.69. The van der Waals surface area contributed by atoms with E-state index >= 15 is 0 Å². The fraction of sp³-hybridized carbons (Fsp3) is 0. The number of benzene rings is 6. The first-order valence-corrected chi connectivity index (χ1v) is 18.0. The highest BCUT2D eigenvalue weighted by atomic mass is 32.1. The summed E-state index contributed by atoms with van der Waals surface area (Å²) in [6, 6.07) is 52.1. The predicted molar refractivity (Wildman–Crippen MR) is 208 cm³/mol. The lowest BCUT2D eigenvalue weighted by Gasteiger charge is -2.10. The molecule has 10 aromatic rings. The Kier molecular flexibility index (Phi) is 6.79. The fourth-order valence-corrected chi connectivity index (χ4v) is 8.92. The third-order valence-corrected chi connectivity index (χ3v) is 11.2. The molecule has 0 aliphatic carbocycles. The van der Waals surface area contributed by atoms with E-state index < -0.39 is 0 Å². The molecule has 10 rings (SSSR count). The lowest BCUT2D eigenvalue weighted by atomic mass is 10.0. The topological polar surface area (TPSA) is 64.5 Å². The van der Waals surface area contributed by atoms with Crippen LogP contribution in [0.2, 0.25) is 0 Å². The van der Waals surface area contributed by atoms with Crippen molar-refractivity contribution < 1.29 is 0 Å². The molecule has 0 saturated heterocycles. The van der Waals surface area contributed by atoms with Gasteiger partial charge in [0.1, 0.15) is 0 Å². The van der Waals surface area contributed by atoms with Gasteiger partial charge in [0, 0.05) is 58.1 Å². The molecule has 0 N–H and O–H groups in total. The van der Waals surface area contributed by atoms with E-state index in [0.29, 0.717) is 17.5 Å². The first kappa shape index (κ1) is 28.8. The summed E-state index contributed by atoms with van der Waals surface area (Å²) in [6.45, 7) is 0. The van der Waals surface area contributed by atoms with E-state index in [1.807, 2.05) is 78.9 Å². The minimum Gasteiger partial charge on any atom is -0.226 e. The van der Waals surface area contributed by atoms with Gasteiger partial charge in [-0.25, -0.2) is 24.9 Å². The lowest BCUT2D eigenvalue weighted by Crippen LogP contribution is -2.00. The van der Waals surface area contributed by atoms with Gasteiger partial charge >= 0.3 is 0 Å². The van der Waals surface area contributed by atoms with Crippen molar-refractivity contribution in [3.8, 4) is 56.8 Å². The normalized spacial score (nSPS) is 11.6. The van der Waals surface area contributed by atoms with Crippen LogP contribution in [0.3, 0.4) is 0 Å². The molecule has 0 aliphatic rings. The average Bonchev–Trinajstić information content (AvgIpc) is 3.76. The molecule has 7 heteroatoms. The molecule has 0 saturated carbocycles. The zero-order valence-electron chi connectivity index (χ0n) is 26.5. The summed E-state index contributed by atoms with van der Waals surface area (Å²) in [5, 5.41) is 3.46. The van der Waals surface area contributed by atoms with Crippen molar-refractivity contribution in [1.82, 2.24) is 24.9 Å². The van der Waals surface area contributed by atoms with Gasteiger partial charge in [-0.1, -0.05) is 133 Å². The van der Waals surface area contributed by atoms with Gasteiger partial charge in [0.15, 0.2) is 23.3 Å². The summed E-state index contributed by atoms with van der Waals surface area (Å²) in [5.41, 5.74) is 6.90. The molecule has 0 bridgehead atoms. The van der Waals surface area contributed by atoms with Crippen LogP contribution in [0.25, 0.3) is 97.3 Å². The highest BCUT2D eigenvalue weighted by Gasteiger charge is 2.20. The van der Waals surface area contributed by atoms with Crippen molar-refractivity contribution in [3.05, 3.63) is 152 Å². The monoisotopic (exact) mass is 675 g/mol. The van der Waals surface area contributed by atoms with Crippen LogP contribution < -0.4 is 0 Å². The Balaban J connectivity index is 1.17. The van der Waals surface area contributed by atoms with Crippen LogP contribution in [0, 0.1) is 0 Å². The highest BCUT2D eigenvalue weighted by molar-refractivity contribution is 7.26.